The van der Waals surface area contributed by atoms with Crippen molar-refractivity contribution in [3.63, 3.8) is 0 Å². The van der Waals surface area contributed by atoms with Crippen LogP contribution in [0.1, 0.15) is 10.4 Å². The van der Waals surface area contributed by atoms with E-state index in [1.165, 1.54) is 11.3 Å². The van der Waals surface area contributed by atoms with E-state index in [2.05, 4.69) is 6.07 Å². The van der Waals surface area contributed by atoms with Gasteiger partial charge in [-0.25, -0.2) is 0 Å². The second-order valence-corrected chi connectivity index (χ2v) is 5.14. The summed E-state index contributed by atoms with van der Waals surface area (Å²) >= 11 is 7.87. The van der Waals surface area contributed by atoms with Gasteiger partial charge in [0.05, 0.1) is 24.8 Å². The number of nitriles is 1. The van der Waals surface area contributed by atoms with E-state index in [1.54, 1.807) is 26.4 Å². The molecule has 1 aromatic heterocycles. The molecule has 20 heavy (non-hydrogen) atoms. The summed E-state index contributed by atoms with van der Waals surface area (Å²) in [6.07, 6.45) is 0. The van der Waals surface area contributed by atoms with Crippen molar-refractivity contribution in [3.05, 3.63) is 46.2 Å². The number of nitrogens with zero attached hydrogens (tertiary/aromatic N) is 1. The summed E-state index contributed by atoms with van der Waals surface area (Å²) < 4.78 is 10.6. The molecule has 2 rings (SSSR count). The topological polar surface area (TPSA) is 42.2 Å². The highest BCUT2D eigenvalue weighted by Crippen LogP contribution is 2.40. The first-order valence-electron chi connectivity index (χ1n) is 5.78. The molecule has 0 saturated carbocycles. The molecular weight excluding hydrogens is 294 g/mol. The third-order valence-corrected chi connectivity index (χ3v) is 4.02. The number of para-hydroxylation sites is 1. The lowest BCUT2D eigenvalue weighted by atomic mass is 10.1. The van der Waals surface area contributed by atoms with Gasteiger partial charge in [-0.3, -0.25) is 0 Å². The maximum absolute atomic E-state index is 9.36. The first-order chi connectivity index (χ1) is 9.72. The van der Waals surface area contributed by atoms with E-state index < -0.39 is 0 Å². The summed E-state index contributed by atoms with van der Waals surface area (Å²) in [7, 11) is 3.10. The number of ether oxygens (including phenoxy) is 2. The quantitative estimate of drug-likeness (QED) is 0.786. The largest absolute Gasteiger partial charge is 0.493 e. The fraction of sp³-hybridized carbons (Fsp3) is 0.133. The van der Waals surface area contributed by atoms with E-state index in [0.29, 0.717) is 27.7 Å². The average Bonchev–Trinajstić information content (AvgIpc) is 3.00. The number of benzene rings is 1. The van der Waals surface area contributed by atoms with Crippen LogP contribution in [0.4, 0.5) is 0 Å². The van der Waals surface area contributed by atoms with Crippen molar-refractivity contribution >= 4 is 33.5 Å². The first kappa shape index (κ1) is 14.4. The van der Waals surface area contributed by atoms with Crippen molar-refractivity contribution in [1.29, 1.82) is 5.26 Å². The Labute approximate surface area is 126 Å². The van der Waals surface area contributed by atoms with E-state index in [1.807, 2.05) is 23.6 Å². The molecule has 0 atom stereocenters. The van der Waals surface area contributed by atoms with Crippen LogP contribution < -0.4 is 9.47 Å². The van der Waals surface area contributed by atoms with Crippen molar-refractivity contribution in [1.82, 2.24) is 0 Å². The first-order valence-corrected chi connectivity index (χ1v) is 7.03. The minimum absolute atomic E-state index is 0.353. The van der Waals surface area contributed by atoms with Crippen molar-refractivity contribution < 1.29 is 9.47 Å². The van der Waals surface area contributed by atoms with Gasteiger partial charge >= 0.3 is 0 Å². The van der Waals surface area contributed by atoms with Gasteiger partial charge in [0.25, 0.3) is 0 Å². The zero-order chi connectivity index (χ0) is 14.5. The maximum atomic E-state index is 9.36. The molecule has 0 aliphatic carbocycles. The molecule has 0 radical (unpaired) electrons. The van der Waals surface area contributed by atoms with Gasteiger partial charge in [0.2, 0.25) is 0 Å². The predicted octanol–water partition coefficient (Wildman–Crippen LogP) is 4.40. The Balaban J connectivity index is 2.64. The number of methoxy groups -OCH3 is 2. The van der Waals surface area contributed by atoms with Crippen LogP contribution in [0.15, 0.2) is 35.7 Å². The van der Waals surface area contributed by atoms with E-state index in [4.69, 9.17) is 21.1 Å². The van der Waals surface area contributed by atoms with Crippen LogP contribution in [0.5, 0.6) is 11.5 Å². The molecule has 3 nitrogen and oxygen atoms in total. The summed E-state index contributed by atoms with van der Waals surface area (Å²) in [4.78, 5) is 0.822. The minimum Gasteiger partial charge on any atom is -0.493 e. The molecule has 0 amide bonds. The van der Waals surface area contributed by atoms with E-state index in [-0.39, 0.29) is 0 Å². The molecule has 0 N–H and O–H groups in total. The smallest absolute Gasteiger partial charge is 0.169 e. The highest BCUT2D eigenvalue weighted by Gasteiger charge is 2.17. The van der Waals surface area contributed by atoms with E-state index in [0.717, 1.165) is 4.88 Å². The third-order valence-electron chi connectivity index (χ3n) is 2.74. The molecule has 2 aromatic rings. The second-order valence-electron chi connectivity index (χ2n) is 3.82. The molecule has 0 aliphatic rings. The van der Waals surface area contributed by atoms with Gasteiger partial charge in [0.1, 0.15) is 6.07 Å². The van der Waals surface area contributed by atoms with E-state index in [9.17, 15) is 5.26 Å². The number of thiophene rings is 1. The van der Waals surface area contributed by atoms with Crippen LogP contribution in [0.2, 0.25) is 0 Å². The van der Waals surface area contributed by atoms with Gasteiger partial charge in [-0.05, 0) is 23.6 Å². The Bertz CT molecular complexity index is 672. The Hall–Kier alpha value is -1.96. The lowest BCUT2D eigenvalue weighted by molar-refractivity contribution is 0.354. The molecule has 0 unspecified atom stereocenters. The van der Waals surface area contributed by atoms with Crippen molar-refractivity contribution in [2.24, 2.45) is 0 Å². The number of allylic oxidation sites excluding steroid dienone is 1. The maximum Gasteiger partial charge on any atom is 0.169 e. The van der Waals surface area contributed by atoms with Gasteiger partial charge in [0, 0.05) is 10.4 Å². The summed E-state index contributed by atoms with van der Waals surface area (Å²) in [5, 5.41) is 11.6. The Morgan fingerprint density at radius 1 is 1.20 bits per heavy atom. The molecular formula is C15H12ClNO2S. The molecule has 102 valence electrons. The lowest BCUT2D eigenvalue weighted by Crippen LogP contribution is -1.95. The van der Waals surface area contributed by atoms with Crippen molar-refractivity contribution in [3.8, 4) is 17.6 Å². The van der Waals surface area contributed by atoms with E-state index >= 15 is 0 Å². The summed E-state index contributed by atoms with van der Waals surface area (Å²) in [6, 6.07) is 11.3. The second kappa shape index (κ2) is 6.47. The average molecular weight is 306 g/mol. The van der Waals surface area contributed by atoms with Gasteiger partial charge in [0.15, 0.2) is 11.5 Å². The molecule has 0 fully saturated rings. The lowest BCUT2D eigenvalue weighted by Gasteiger charge is -2.12. The van der Waals surface area contributed by atoms with Gasteiger partial charge < -0.3 is 9.47 Å². The molecule has 1 heterocycles. The molecule has 0 saturated heterocycles. The van der Waals surface area contributed by atoms with Gasteiger partial charge in [-0.1, -0.05) is 23.7 Å². The van der Waals surface area contributed by atoms with Crippen LogP contribution in [0.3, 0.4) is 0 Å². The predicted molar refractivity (Wildman–Crippen MR) is 82.1 cm³/mol. The normalized spacial score (nSPS) is 11.5. The Morgan fingerprint density at radius 2 is 2.00 bits per heavy atom. The summed E-state index contributed by atoms with van der Waals surface area (Å²) in [5.41, 5.74) is 1.06. The molecule has 5 heteroatoms. The number of rotatable bonds is 4. The monoisotopic (exact) mass is 305 g/mol. The standard InChI is InChI=1S/C15H12ClNO2S/c1-18-12-6-3-5-10(15(12)19-2)14(16)11(9-17)13-7-4-8-20-13/h3-8H,1-2H3. The Morgan fingerprint density at radius 3 is 2.55 bits per heavy atom. The highest BCUT2D eigenvalue weighted by atomic mass is 35.5. The Kier molecular flexibility index (Phi) is 4.67. The molecule has 0 spiro atoms. The number of hydrogen-bond donors (Lipinski definition) is 0. The number of halogens is 1. The van der Waals surface area contributed by atoms with Crippen molar-refractivity contribution in [2.45, 2.75) is 0 Å². The highest BCUT2D eigenvalue weighted by molar-refractivity contribution is 7.11. The van der Waals surface area contributed by atoms with Crippen LogP contribution in [0, 0.1) is 11.3 Å². The van der Waals surface area contributed by atoms with Crippen LogP contribution in [-0.2, 0) is 0 Å². The minimum atomic E-state index is 0.353. The van der Waals surface area contributed by atoms with Crippen LogP contribution in [0.25, 0.3) is 10.6 Å². The third kappa shape index (κ3) is 2.64. The fourth-order valence-corrected chi connectivity index (χ4v) is 2.90. The van der Waals surface area contributed by atoms with Gasteiger partial charge in [-0.2, -0.15) is 5.26 Å². The molecule has 0 aliphatic heterocycles. The summed E-state index contributed by atoms with van der Waals surface area (Å²) in [5.74, 6) is 1.09. The summed E-state index contributed by atoms with van der Waals surface area (Å²) in [6.45, 7) is 0. The zero-order valence-electron chi connectivity index (χ0n) is 11.0. The van der Waals surface area contributed by atoms with Crippen LogP contribution in [-0.4, -0.2) is 14.2 Å². The zero-order valence-corrected chi connectivity index (χ0v) is 12.6. The number of hydrogen-bond acceptors (Lipinski definition) is 4. The van der Waals surface area contributed by atoms with Crippen molar-refractivity contribution in [2.75, 3.05) is 14.2 Å². The molecule has 1 aromatic carbocycles. The SMILES string of the molecule is COc1cccc(C(Cl)=C(C#N)c2cccs2)c1OC. The fourth-order valence-electron chi connectivity index (χ4n) is 1.83. The van der Waals surface area contributed by atoms with Gasteiger partial charge in [-0.15, -0.1) is 11.3 Å². The molecule has 0 bridgehead atoms. The van der Waals surface area contributed by atoms with Crippen LogP contribution >= 0.6 is 22.9 Å².